The van der Waals surface area contributed by atoms with Crippen LogP contribution < -0.4 is 0 Å². The molecule has 0 bridgehead atoms. The van der Waals surface area contributed by atoms with Crippen LogP contribution in [0.1, 0.15) is 0 Å². The lowest BCUT2D eigenvalue weighted by Crippen LogP contribution is -2.00. The highest BCUT2D eigenvalue weighted by Crippen LogP contribution is 2.47. The predicted octanol–water partition coefficient (Wildman–Crippen LogP) is 14.1. The topological polar surface area (TPSA) is 51.8 Å². The Hall–Kier alpha value is -7.21. The summed E-state index contributed by atoms with van der Waals surface area (Å²) < 4.78 is 9.00. The van der Waals surface area contributed by atoms with Gasteiger partial charge in [-0.25, -0.2) is 15.0 Å². The number of para-hydroxylation sites is 1. The lowest BCUT2D eigenvalue weighted by atomic mass is 9.93. The minimum Gasteiger partial charge on any atom is -0.455 e. The van der Waals surface area contributed by atoms with E-state index in [0.717, 1.165) is 76.5 Å². The van der Waals surface area contributed by atoms with Crippen molar-refractivity contribution >= 4 is 53.4 Å². The summed E-state index contributed by atoms with van der Waals surface area (Å²) in [5.74, 6) is 1.92. The van der Waals surface area contributed by atoms with Crippen molar-refractivity contribution in [1.82, 2.24) is 15.0 Å². The van der Waals surface area contributed by atoms with Crippen molar-refractivity contribution in [1.29, 1.82) is 0 Å². The fourth-order valence-electron chi connectivity index (χ4n) is 7.88. The van der Waals surface area contributed by atoms with E-state index in [1.807, 2.05) is 30.3 Å². The van der Waals surface area contributed by atoms with Gasteiger partial charge in [-0.15, -0.1) is 11.3 Å². The molecule has 0 atom stereocenters. The molecule has 8 aromatic carbocycles. The number of aromatic nitrogens is 3. The summed E-state index contributed by atoms with van der Waals surface area (Å²) >= 11 is 1.78. The van der Waals surface area contributed by atoms with Crippen LogP contribution in [0.2, 0.25) is 0 Å². The number of benzene rings is 8. The molecule has 0 saturated carbocycles. The second-order valence-electron chi connectivity index (χ2n) is 13.9. The zero-order chi connectivity index (χ0) is 37.0. The van der Waals surface area contributed by atoms with Crippen LogP contribution in [0.25, 0.3) is 110 Å². The fourth-order valence-corrected chi connectivity index (χ4v) is 9.12. The molecule has 0 N–H and O–H groups in total. The molecule has 0 fully saturated rings. The first-order valence-electron chi connectivity index (χ1n) is 18.7. The second kappa shape index (κ2) is 13.3. The van der Waals surface area contributed by atoms with Crippen LogP contribution in [0.5, 0.6) is 0 Å². The highest BCUT2D eigenvalue weighted by Gasteiger charge is 2.21. The third-order valence-corrected chi connectivity index (χ3v) is 11.7. The minimum absolute atomic E-state index is 0.635. The van der Waals surface area contributed by atoms with Crippen molar-refractivity contribution in [2.75, 3.05) is 0 Å². The fraction of sp³-hybridized carbons (Fsp3) is 0. The summed E-state index contributed by atoms with van der Waals surface area (Å²) in [7, 11) is 0. The van der Waals surface area contributed by atoms with Gasteiger partial charge < -0.3 is 4.42 Å². The highest BCUT2D eigenvalue weighted by molar-refractivity contribution is 7.26. The van der Waals surface area contributed by atoms with Gasteiger partial charge in [0, 0.05) is 53.2 Å². The van der Waals surface area contributed by atoms with Gasteiger partial charge in [-0.1, -0.05) is 152 Å². The number of rotatable bonds is 6. The summed E-state index contributed by atoms with van der Waals surface area (Å²) in [5.41, 5.74) is 11.4. The molecule has 0 saturated heterocycles. The maximum Gasteiger partial charge on any atom is 0.165 e. The molecule has 3 aromatic heterocycles. The monoisotopic (exact) mass is 733 g/mol. The number of fused-ring (bicyclic) bond motifs is 6. The Kier molecular flexibility index (Phi) is 7.64. The first-order chi connectivity index (χ1) is 27.7. The molecule has 5 heteroatoms. The van der Waals surface area contributed by atoms with Crippen LogP contribution in [0, 0.1) is 0 Å². The van der Waals surface area contributed by atoms with Gasteiger partial charge in [-0.3, -0.25) is 0 Å². The molecule has 0 spiro atoms. The predicted molar refractivity (Wildman–Crippen MR) is 233 cm³/mol. The Morgan fingerprint density at radius 3 is 1.71 bits per heavy atom. The number of hydrogen-bond donors (Lipinski definition) is 0. The van der Waals surface area contributed by atoms with E-state index in [2.05, 4.69) is 158 Å². The van der Waals surface area contributed by atoms with Crippen LogP contribution in [0.15, 0.2) is 192 Å². The third-order valence-electron chi connectivity index (χ3n) is 10.5. The van der Waals surface area contributed by atoms with Gasteiger partial charge in [0.05, 0.1) is 0 Å². The molecule has 3 heterocycles. The molecule has 0 radical (unpaired) electrons. The average molecular weight is 734 g/mol. The minimum atomic E-state index is 0.635. The summed E-state index contributed by atoms with van der Waals surface area (Å²) in [6.07, 6.45) is 0. The zero-order valence-corrected chi connectivity index (χ0v) is 30.9. The number of thiophene rings is 1. The molecule has 262 valence electrons. The first kappa shape index (κ1) is 32.2. The summed E-state index contributed by atoms with van der Waals surface area (Å²) in [6.45, 7) is 0. The first-order valence-corrected chi connectivity index (χ1v) is 19.5. The Labute approximate surface area is 327 Å². The van der Waals surface area contributed by atoms with Gasteiger partial charge in [-0.2, -0.15) is 0 Å². The van der Waals surface area contributed by atoms with Gasteiger partial charge in [0.2, 0.25) is 0 Å². The Morgan fingerprint density at radius 2 is 0.929 bits per heavy atom. The normalized spacial score (nSPS) is 11.6. The molecular weight excluding hydrogens is 703 g/mol. The zero-order valence-electron chi connectivity index (χ0n) is 30.1. The lowest BCUT2D eigenvalue weighted by Gasteiger charge is -2.11. The maximum absolute atomic E-state index is 6.68. The molecular formula is C51H31N3OS. The van der Waals surface area contributed by atoms with Gasteiger partial charge in [0.15, 0.2) is 17.5 Å². The van der Waals surface area contributed by atoms with Gasteiger partial charge in [0.1, 0.15) is 11.2 Å². The second-order valence-corrected chi connectivity index (χ2v) is 15.0. The summed E-state index contributed by atoms with van der Waals surface area (Å²) in [5, 5.41) is 4.56. The Balaban J connectivity index is 1.13. The van der Waals surface area contributed by atoms with E-state index in [4.69, 9.17) is 19.4 Å². The molecule has 0 aliphatic heterocycles. The molecule has 0 unspecified atom stereocenters. The Bertz CT molecular complexity index is 3240. The van der Waals surface area contributed by atoms with Crippen molar-refractivity contribution in [3.8, 4) is 67.5 Å². The van der Waals surface area contributed by atoms with E-state index in [1.165, 1.54) is 15.6 Å². The third kappa shape index (κ3) is 5.48. The standard InChI is InChI=1S/C51H31N3OS/c1-4-15-32(16-5-1)35-21-12-22-36(29-35)50-52-49(34-19-8-3-9-20-34)53-51(54-50)41-26-13-25-40-46-39(24-14-28-45(46)56-48(40)41)43-31-37(33-17-6-2-7-18-33)30-42-38-23-10-11-27-44(38)55-47(42)43/h1-31H. The SMILES string of the molecule is c1ccc(-c2cccc(-c3nc(-c4ccccc4)nc(-c4cccc5c4sc4cccc(-c6cc(-c7ccccc7)cc7c6oc6ccccc67)c45)n3)c2)cc1. The van der Waals surface area contributed by atoms with Gasteiger partial charge in [0.25, 0.3) is 0 Å². The van der Waals surface area contributed by atoms with Crippen molar-refractivity contribution in [2.24, 2.45) is 0 Å². The molecule has 11 rings (SSSR count). The van der Waals surface area contributed by atoms with E-state index in [9.17, 15) is 0 Å². The molecule has 0 aliphatic carbocycles. The van der Waals surface area contributed by atoms with E-state index in [0.29, 0.717) is 17.5 Å². The van der Waals surface area contributed by atoms with E-state index in [1.54, 1.807) is 11.3 Å². The van der Waals surface area contributed by atoms with E-state index in [-0.39, 0.29) is 0 Å². The number of furan rings is 1. The maximum atomic E-state index is 6.68. The van der Waals surface area contributed by atoms with Crippen molar-refractivity contribution < 1.29 is 4.42 Å². The van der Waals surface area contributed by atoms with Crippen molar-refractivity contribution in [3.05, 3.63) is 188 Å². The number of hydrogen-bond acceptors (Lipinski definition) is 5. The summed E-state index contributed by atoms with van der Waals surface area (Å²) in [4.78, 5) is 15.4. The molecule has 0 aliphatic rings. The van der Waals surface area contributed by atoms with Crippen LogP contribution in [-0.4, -0.2) is 15.0 Å². The molecule has 56 heavy (non-hydrogen) atoms. The van der Waals surface area contributed by atoms with Crippen LogP contribution in [0.3, 0.4) is 0 Å². The summed E-state index contributed by atoms with van der Waals surface area (Å²) in [6, 6.07) is 65.6. The molecule has 11 aromatic rings. The lowest BCUT2D eigenvalue weighted by molar-refractivity contribution is 0.670. The quantitative estimate of drug-likeness (QED) is 0.171. The van der Waals surface area contributed by atoms with E-state index < -0.39 is 0 Å². The van der Waals surface area contributed by atoms with Crippen LogP contribution >= 0.6 is 11.3 Å². The van der Waals surface area contributed by atoms with Crippen LogP contribution in [0.4, 0.5) is 0 Å². The molecule has 4 nitrogen and oxygen atoms in total. The smallest absolute Gasteiger partial charge is 0.165 e. The number of nitrogens with zero attached hydrogens (tertiary/aromatic N) is 3. The average Bonchev–Trinajstić information content (AvgIpc) is 3.86. The molecule has 0 amide bonds. The Morgan fingerprint density at radius 1 is 0.357 bits per heavy atom. The van der Waals surface area contributed by atoms with Gasteiger partial charge in [-0.05, 0) is 64.2 Å². The van der Waals surface area contributed by atoms with Crippen molar-refractivity contribution in [2.45, 2.75) is 0 Å². The highest BCUT2D eigenvalue weighted by atomic mass is 32.1. The van der Waals surface area contributed by atoms with Crippen LogP contribution in [-0.2, 0) is 0 Å². The van der Waals surface area contributed by atoms with Gasteiger partial charge >= 0.3 is 0 Å². The van der Waals surface area contributed by atoms with E-state index >= 15 is 0 Å². The van der Waals surface area contributed by atoms with Crippen molar-refractivity contribution in [3.63, 3.8) is 0 Å². The largest absolute Gasteiger partial charge is 0.455 e.